The molecule has 0 spiro atoms. The molecule has 4 saturated heterocycles. The highest BCUT2D eigenvalue weighted by molar-refractivity contribution is 6.33. The van der Waals surface area contributed by atoms with Gasteiger partial charge in [-0.05, 0) is 80.7 Å². The number of urea groups is 1. The van der Waals surface area contributed by atoms with E-state index in [1.165, 1.54) is 11.0 Å². The average molecular weight is 889 g/mol. The Morgan fingerprint density at radius 1 is 0.823 bits per heavy atom. The van der Waals surface area contributed by atoms with Crippen LogP contribution in [-0.4, -0.2) is 163 Å². The first kappa shape index (κ1) is 45.2. The van der Waals surface area contributed by atoms with Gasteiger partial charge in [0.15, 0.2) is 12.7 Å². The van der Waals surface area contributed by atoms with E-state index in [1.807, 2.05) is 29.2 Å². The van der Waals surface area contributed by atoms with Crippen LogP contribution in [0.4, 0.5) is 34.1 Å². The van der Waals surface area contributed by atoms with Crippen molar-refractivity contribution in [3.8, 4) is 0 Å². The Kier molecular flexibility index (Phi) is 14.7. The third-order valence-corrected chi connectivity index (χ3v) is 13.2. The number of ether oxygens (including phenoxy) is 2. The Morgan fingerprint density at radius 3 is 2.18 bits per heavy atom. The minimum absolute atomic E-state index is 0.0415. The number of nitrogens with one attached hydrogen (secondary N) is 1. The van der Waals surface area contributed by atoms with Gasteiger partial charge in [0.25, 0.3) is 11.8 Å². The first-order valence-corrected chi connectivity index (χ1v) is 22.1. The number of carbonyl (C=O) groups is 5. The lowest BCUT2D eigenvalue weighted by molar-refractivity contribution is -0.153. The number of esters is 1. The van der Waals surface area contributed by atoms with Gasteiger partial charge in [-0.1, -0.05) is 29.8 Å². The summed E-state index contributed by atoms with van der Waals surface area (Å²) >= 11 is 6.15. The molecule has 0 aliphatic carbocycles. The van der Waals surface area contributed by atoms with E-state index in [0.717, 1.165) is 36.6 Å². The fourth-order valence-corrected chi connectivity index (χ4v) is 9.50. The van der Waals surface area contributed by atoms with Crippen LogP contribution < -0.4 is 11.1 Å². The monoisotopic (exact) mass is 888 g/mol. The van der Waals surface area contributed by atoms with Gasteiger partial charge >= 0.3 is 24.3 Å². The van der Waals surface area contributed by atoms with Crippen molar-refractivity contribution in [3.63, 3.8) is 0 Å². The zero-order valence-corrected chi connectivity index (χ0v) is 35.6. The van der Waals surface area contributed by atoms with Crippen LogP contribution in [0, 0.1) is 0 Å². The normalized spacial score (nSPS) is 20.5. The molecule has 1 atom stereocenters. The number of halogens is 4. The molecule has 0 radical (unpaired) electrons. The van der Waals surface area contributed by atoms with Crippen LogP contribution in [0.15, 0.2) is 36.4 Å². The predicted octanol–water partition coefficient (Wildman–Crippen LogP) is 4.71. The van der Waals surface area contributed by atoms with Crippen LogP contribution in [-0.2, 0) is 42.9 Å². The molecule has 19 heteroatoms. The smallest absolute Gasteiger partial charge is 0.418 e. The van der Waals surface area contributed by atoms with Gasteiger partial charge in [0.1, 0.15) is 0 Å². The number of amides is 5. The van der Waals surface area contributed by atoms with Crippen molar-refractivity contribution in [2.45, 2.75) is 82.2 Å². The summed E-state index contributed by atoms with van der Waals surface area (Å²) in [6.45, 7) is 5.64. The van der Waals surface area contributed by atoms with Crippen molar-refractivity contribution in [3.05, 3.63) is 58.1 Å². The summed E-state index contributed by atoms with van der Waals surface area (Å²) in [6, 6.07) is 9.57. The molecule has 338 valence electrons. The maximum Gasteiger partial charge on any atom is 0.418 e. The second-order valence-corrected chi connectivity index (χ2v) is 17.2. The highest BCUT2D eigenvalue weighted by atomic mass is 35.5. The number of hydrogen-bond donors (Lipinski definition) is 2. The topological polar surface area (TPSA) is 161 Å². The van der Waals surface area contributed by atoms with Crippen molar-refractivity contribution in [2.75, 3.05) is 96.2 Å². The first-order chi connectivity index (χ1) is 29.7. The molecule has 5 amide bonds. The van der Waals surface area contributed by atoms with Crippen molar-refractivity contribution in [1.82, 2.24) is 29.4 Å². The quantitative estimate of drug-likeness (QED) is 0.253. The van der Waals surface area contributed by atoms with Gasteiger partial charge in [-0.25, -0.2) is 9.59 Å². The summed E-state index contributed by atoms with van der Waals surface area (Å²) in [7, 11) is 0. The zero-order valence-electron chi connectivity index (χ0n) is 34.9. The third-order valence-electron chi connectivity index (χ3n) is 12.9. The Labute approximate surface area is 364 Å². The lowest BCUT2D eigenvalue weighted by Gasteiger charge is -2.43. The Hall–Kier alpha value is -4.81. The summed E-state index contributed by atoms with van der Waals surface area (Å²) in [4.78, 5) is 76.9. The number of hydrogen-bond acceptors (Lipinski definition) is 10. The van der Waals surface area contributed by atoms with Crippen LogP contribution in [0.1, 0.15) is 61.6 Å². The van der Waals surface area contributed by atoms with Gasteiger partial charge in [0, 0.05) is 96.2 Å². The molecule has 5 heterocycles. The lowest BCUT2D eigenvalue weighted by Crippen LogP contribution is -2.55. The minimum atomic E-state index is -4.80. The molecule has 5 aliphatic heterocycles. The summed E-state index contributed by atoms with van der Waals surface area (Å²) in [5.41, 5.74) is 5.78. The van der Waals surface area contributed by atoms with E-state index < -0.39 is 41.5 Å². The SMILES string of the molecule is Nc1c(Cl)cc(C[C@@H](OC(=O)N2CCC(N3CCc4ccccc4NC3=O)CC2)C(=O)N2CCC(N3CCN(CC(=O)OCC(=O)N4CCCCC4)CC3)CC2)cc1C(F)(F)F. The number of anilines is 2. The second-order valence-electron chi connectivity index (χ2n) is 16.8. The maximum absolute atomic E-state index is 14.2. The highest BCUT2D eigenvalue weighted by Gasteiger charge is 2.39. The van der Waals surface area contributed by atoms with Crippen LogP contribution in [0.25, 0.3) is 0 Å². The molecule has 0 aromatic heterocycles. The fraction of sp³-hybridized carbons (Fsp3) is 0.605. The van der Waals surface area contributed by atoms with Gasteiger partial charge in [-0.2, -0.15) is 13.2 Å². The van der Waals surface area contributed by atoms with Crippen molar-refractivity contribution < 1.29 is 46.6 Å². The number of nitrogens with two attached hydrogens (primary N) is 1. The average Bonchev–Trinajstić information content (AvgIpc) is 3.44. The molecule has 5 aliphatic rings. The second kappa shape index (κ2) is 20.1. The number of fused-ring (bicyclic) bond motifs is 1. The van der Waals surface area contributed by atoms with E-state index in [2.05, 4.69) is 10.2 Å². The molecule has 4 fully saturated rings. The van der Waals surface area contributed by atoms with Gasteiger partial charge in [-0.3, -0.25) is 24.2 Å². The largest absolute Gasteiger partial charge is 0.455 e. The van der Waals surface area contributed by atoms with E-state index in [9.17, 15) is 37.1 Å². The van der Waals surface area contributed by atoms with E-state index in [4.69, 9.17) is 26.8 Å². The molecule has 0 bridgehead atoms. The lowest BCUT2D eigenvalue weighted by atomic mass is 9.99. The molecule has 0 unspecified atom stereocenters. The Morgan fingerprint density at radius 2 is 1.48 bits per heavy atom. The fourth-order valence-electron chi connectivity index (χ4n) is 9.26. The van der Waals surface area contributed by atoms with Crippen LogP contribution in [0.2, 0.25) is 5.02 Å². The molecular formula is C43H56ClF3N8O7. The van der Waals surface area contributed by atoms with Gasteiger partial charge in [0.2, 0.25) is 0 Å². The van der Waals surface area contributed by atoms with Crippen LogP contribution >= 0.6 is 11.6 Å². The number of rotatable bonds is 10. The maximum atomic E-state index is 14.2. The molecular weight excluding hydrogens is 833 g/mol. The predicted molar refractivity (Wildman–Crippen MR) is 224 cm³/mol. The van der Waals surface area contributed by atoms with Crippen molar-refractivity contribution in [1.29, 1.82) is 0 Å². The number of benzene rings is 2. The summed E-state index contributed by atoms with van der Waals surface area (Å²) in [6.07, 6.45) is -1.44. The Balaban J connectivity index is 0.926. The molecule has 2 aromatic carbocycles. The zero-order chi connectivity index (χ0) is 44.0. The van der Waals surface area contributed by atoms with Crippen LogP contribution in [0.3, 0.4) is 0 Å². The number of nitrogen functional groups attached to an aromatic ring is 1. The summed E-state index contributed by atoms with van der Waals surface area (Å²) in [5.74, 6) is -1.11. The number of nitrogens with zero attached hydrogens (tertiary/aromatic N) is 6. The number of piperidine rings is 3. The highest BCUT2D eigenvalue weighted by Crippen LogP contribution is 2.38. The molecule has 62 heavy (non-hydrogen) atoms. The van der Waals surface area contributed by atoms with Gasteiger partial charge in [0.05, 0.1) is 22.8 Å². The molecule has 0 saturated carbocycles. The summed E-state index contributed by atoms with van der Waals surface area (Å²) in [5, 5.41) is 2.66. The minimum Gasteiger partial charge on any atom is -0.455 e. The first-order valence-electron chi connectivity index (χ1n) is 21.7. The summed E-state index contributed by atoms with van der Waals surface area (Å²) < 4.78 is 53.0. The third kappa shape index (κ3) is 11.2. The number of alkyl halides is 3. The molecule has 3 N–H and O–H groups in total. The number of carbonyl (C=O) groups excluding carboxylic acids is 5. The van der Waals surface area contributed by atoms with Crippen LogP contribution in [0.5, 0.6) is 0 Å². The Bertz CT molecular complexity index is 1950. The number of likely N-dealkylation sites (tertiary alicyclic amines) is 3. The number of piperazine rings is 1. The van der Waals surface area contributed by atoms with E-state index in [1.54, 1.807) is 14.7 Å². The van der Waals surface area contributed by atoms with Gasteiger partial charge in [-0.15, -0.1) is 0 Å². The van der Waals surface area contributed by atoms with Crippen molar-refractivity contribution >= 4 is 52.9 Å². The molecule has 7 rings (SSSR count). The number of para-hydroxylation sites is 1. The van der Waals surface area contributed by atoms with Gasteiger partial charge < -0.3 is 40.1 Å². The van der Waals surface area contributed by atoms with E-state index in [0.29, 0.717) is 91.0 Å². The molecule has 2 aromatic rings. The van der Waals surface area contributed by atoms with E-state index in [-0.39, 0.29) is 67.3 Å². The van der Waals surface area contributed by atoms with Crippen molar-refractivity contribution in [2.24, 2.45) is 0 Å². The van der Waals surface area contributed by atoms with E-state index >= 15 is 0 Å². The standard InChI is InChI=1S/C43H56ClF3N8O7/c44-34-25-29(24-33(39(34)48)43(45,46)47)26-36(62-42(60)54-17-11-32(12-18-54)55-19-8-30-6-2-3-7-35(30)49-41(55)59)40(58)53-15-9-31(10-16-53)51-22-20-50(21-23-51)27-38(57)61-28-37(56)52-13-4-1-5-14-52/h2-3,6-7,24-25,31-32,36H,1,4-5,8-23,26-28,48H2,(H,49,59)/t36-/m1/s1. The molecule has 15 nitrogen and oxygen atoms in total.